The van der Waals surface area contributed by atoms with Crippen molar-refractivity contribution in [2.75, 3.05) is 18.5 Å². The lowest BCUT2D eigenvalue weighted by molar-refractivity contribution is -0.117. The average Bonchev–Trinajstić information content (AvgIpc) is 2.98. The lowest BCUT2D eigenvalue weighted by Crippen LogP contribution is -2.41. The molecule has 0 aromatic heterocycles. The van der Waals surface area contributed by atoms with E-state index in [2.05, 4.69) is 23.5 Å². The number of amides is 1. The lowest BCUT2D eigenvalue weighted by atomic mass is 10.1. The minimum atomic E-state index is -0.124. The average molecular weight is 245 g/mol. The Bertz CT molecular complexity index is 494. The summed E-state index contributed by atoms with van der Waals surface area (Å²) in [5.41, 5.74) is 9.41. The molecule has 1 aliphatic heterocycles. The van der Waals surface area contributed by atoms with Gasteiger partial charge in [0.25, 0.3) is 0 Å². The zero-order chi connectivity index (χ0) is 12.8. The number of benzene rings is 1. The summed E-state index contributed by atoms with van der Waals surface area (Å²) in [6.07, 6.45) is 2.58. The van der Waals surface area contributed by atoms with E-state index in [0.29, 0.717) is 13.0 Å². The van der Waals surface area contributed by atoms with Crippen LogP contribution in [0.15, 0.2) is 18.2 Å². The molecule has 0 atom stereocenters. The molecule has 1 aliphatic carbocycles. The first-order chi connectivity index (χ1) is 8.61. The van der Waals surface area contributed by atoms with Crippen LogP contribution < -0.4 is 16.0 Å². The van der Waals surface area contributed by atoms with Crippen molar-refractivity contribution in [2.45, 2.75) is 31.3 Å². The molecule has 96 valence electrons. The molecule has 1 heterocycles. The third-order valence-electron chi connectivity index (χ3n) is 3.82. The maximum absolute atomic E-state index is 12.1. The number of hydrogen-bond acceptors (Lipinski definition) is 3. The van der Waals surface area contributed by atoms with Crippen LogP contribution in [0.3, 0.4) is 0 Å². The van der Waals surface area contributed by atoms with Gasteiger partial charge in [-0.1, -0.05) is 12.1 Å². The molecule has 1 fully saturated rings. The summed E-state index contributed by atoms with van der Waals surface area (Å²) in [7, 11) is 1.93. The van der Waals surface area contributed by atoms with Gasteiger partial charge in [-0.3, -0.25) is 4.79 Å². The largest absolute Gasteiger partial charge is 0.324 e. The summed E-state index contributed by atoms with van der Waals surface area (Å²) in [4.78, 5) is 13.9. The molecule has 18 heavy (non-hydrogen) atoms. The first kappa shape index (κ1) is 11.7. The minimum Gasteiger partial charge on any atom is -0.324 e. The van der Waals surface area contributed by atoms with Crippen molar-refractivity contribution in [3.63, 3.8) is 0 Å². The number of nitrogens with zero attached hydrogens (tertiary/aromatic N) is 1. The number of rotatable bonds is 4. The highest BCUT2D eigenvalue weighted by atomic mass is 16.2. The molecule has 1 aromatic carbocycles. The second-order valence-corrected chi connectivity index (χ2v) is 5.51. The van der Waals surface area contributed by atoms with Crippen molar-refractivity contribution >= 4 is 11.6 Å². The SMILES string of the molecule is CNCc1ccc2c(c1)CC(=O)N2CC1(N)CC1. The predicted molar refractivity (Wildman–Crippen MR) is 71.4 cm³/mol. The van der Waals surface area contributed by atoms with E-state index in [1.54, 1.807) is 0 Å². The van der Waals surface area contributed by atoms with Crippen molar-refractivity contribution < 1.29 is 4.79 Å². The topological polar surface area (TPSA) is 58.4 Å². The van der Waals surface area contributed by atoms with E-state index in [4.69, 9.17) is 5.73 Å². The van der Waals surface area contributed by atoms with Crippen molar-refractivity contribution in [3.05, 3.63) is 29.3 Å². The first-order valence-electron chi connectivity index (χ1n) is 6.47. The Labute approximate surface area is 107 Å². The third kappa shape index (κ3) is 2.02. The zero-order valence-electron chi connectivity index (χ0n) is 10.7. The van der Waals surface area contributed by atoms with Crippen molar-refractivity contribution in [3.8, 4) is 0 Å². The van der Waals surface area contributed by atoms with Gasteiger partial charge in [0, 0.05) is 24.3 Å². The van der Waals surface area contributed by atoms with E-state index in [-0.39, 0.29) is 11.4 Å². The van der Waals surface area contributed by atoms with Crippen molar-refractivity contribution in [2.24, 2.45) is 5.73 Å². The molecule has 3 N–H and O–H groups in total. The molecule has 0 bridgehead atoms. The van der Waals surface area contributed by atoms with Gasteiger partial charge < -0.3 is 16.0 Å². The van der Waals surface area contributed by atoms with E-state index < -0.39 is 0 Å². The van der Waals surface area contributed by atoms with Gasteiger partial charge in [-0.2, -0.15) is 0 Å². The summed E-state index contributed by atoms with van der Waals surface area (Å²) < 4.78 is 0. The number of anilines is 1. The van der Waals surface area contributed by atoms with Crippen LogP contribution >= 0.6 is 0 Å². The summed E-state index contributed by atoms with van der Waals surface area (Å²) in [5, 5.41) is 3.13. The van der Waals surface area contributed by atoms with Gasteiger partial charge in [0.05, 0.1) is 6.42 Å². The van der Waals surface area contributed by atoms with Crippen LogP contribution in [0.1, 0.15) is 24.0 Å². The molecule has 0 radical (unpaired) electrons. The molecule has 3 rings (SSSR count). The van der Waals surface area contributed by atoms with E-state index in [9.17, 15) is 4.79 Å². The minimum absolute atomic E-state index is 0.124. The molecular formula is C14H19N3O. The standard InChI is InChI=1S/C14H19N3O/c1-16-8-10-2-3-12-11(6-10)7-13(18)17(12)9-14(15)4-5-14/h2-3,6,16H,4-5,7-9,15H2,1H3. The summed E-state index contributed by atoms with van der Waals surface area (Å²) in [5.74, 6) is 0.184. The van der Waals surface area contributed by atoms with E-state index in [1.807, 2.05) is 11.9 Å². The summed E-state index contributed by atoms with van der Waals surface area (Å²) >= 11 is 0. The number of carbonyl (C=O) groups is 1. The Balaban J connectivity index is 1.85. The number of carbonyl (C=O) groups excluding carboxylic acids is 1. The van der Waals surface area contributed by atoms with Crippen LogP contribution in [0.5, 0.6) is 0 Å². The Hall–Kier alpha value is -1.39. The monoisotopic (exact) mass is 245 g/mol. The van der Waals surface area contributed by atoms with Crippen LogP contribution in [-0.2, 0) is 17.8 Å². The maximum atomic E-state index is 12.1. The van der Waals surface area contributed by atoms with Crippen LogP contribution in [0, 0.1) is 0 Å². The fourth-order valence-electron chi connectivity index (χ4n) is 2.56. The Kier molecular flexibility index (Phi) is 2.64. The van der Waals surface area contributed by atoms with Gasteiger partial charge >= 0.3 is 0 Å². The molecule has 0 unspecified atom stereocenters. The molecule has 4 nitrogen and oxygen atoms in total. The van der Waals surface area contributed by atoms with E-state index >= 15 is 0 Å². The van der Waals surface area contributed by atoms with Gasteiger partial charge in [-0.25, -0.2) is 0 Å². The van der Waals surface area contributed by atoms with E-state index in [1.165, 1.54) is 5.56 Å². The Morgan fingerprint density at radius 2 is 2.22 bits per heavy atom. The Morgan fingerprint density at radius 3 is 2.89 bits per heavy atom. The maximum Gasteiger partial charge on any atom is 0.231 e. The summed E-state index contributed by atoms with van der Waals surface area (Å²) in [6.45, 7) is 1.51. The molecule has 0 saturated heterocycles. The molecule has 1 amide bonds. The molecule has 0 spiro atoms. The smallest absolute Gasteiger partial charge is 0.231 e. The van der Waals surface area contributed by atoms with Gasteiger partial charge in [0.15, 0.2) is 0 Å². The van der Waals surface area contributed by atoms with Crippen LogP contribution in [0.4, 0.5) is 5.69 Å². The zero-order valence-corrected chi connectivity index (χ0v) is 10.7. The highest BCUT2D eigenvalue weighted by molar-refractivity contribution is 6.01. The fourth-order valence-corrected chi connectivity index (χ4v) is 2.56. The molecule has 1 aromatic rings. The van der Waals surface area contributed by atoms with E-state index in [0.717, 1.165) is 30.6 Å². The first-order valence-corrected chi connectivity index (χ1v) is 6.47. The van der Waals surface area contributed by atoms with Crippen LogP contribution in [0.2, 0.25) is 0 Å². The van der Waals surface area contributed by atoms with Crippen LogP contribution in [0.25, 0.3) is 0 Å². The third-order valence-corrected chi connectivity index (χ3v) is 3.82. The number of fused-ring (bicyclic) bond motifs is 1. The quantitative estimate of drug-likeness (QED) is 0.824. The van der Waals surface area contributed by atoms with Gasteiger partial charge in [0.2, 0.25) is 5.91 Å². The molecule has 2 aliphatic rings. The normalized spacial score (nSPS) is 20.1. The molecular weight excluding hydrogens is 226 g/mol. The van der Waals surface area contributed by atoms with Crippen molar-refractivity contribution in [1.29, 1.82) is 0 Å². The second kappa shape index (κ2) is 4.07. The molecule has 1 saturated carbocycles. The second-order valence-electron chi connectivity index (χ2n) is 5.51. The number of hydrogen-bond donors (Lipinski definition) is 2. The molecule has 4 heteroatoms. The van der Waals surface area contributed by atoms with Gasteiger partial charge in [-0.05, 0) is 37.1 Å². The van der Waals surface area contributed by atoms with Gasteiger partial charge in [-0.15, -0.1) is 0 Å². The fraction of sp³-hybridized carbons (Fsp3) is 0.500. The highest BCUT2D eigenvalue weighted by Crippen LogP contribution is 2.37. The van der Waals surface area contributed by atoms with Crippen LogP contribution in [-0.4, -0.2) is 25.0 Å². The highest BCUT2D eigenvalue weighted by Gasteiger charge is 2.42. The van der Waals surface area contributed by atoms with Crippen molar-refractivity contribution in [1.82, 2.24) is 5.32 Å². The summed E-state index contributed by atoms with van der Waals surface area (Å²) in [6, 6.07) is 6.26. The number of nitrogens with one attached hydrogen (secondary N) is 1. The Morgan fingerprint density at radius 1 is 1.44 bits per heavy atom. The predicted octanol–water partition coefficient (Wildman–Crippen LogP) is 0.786. The van der Waals surface area contributed by atoms with Gasteiger partial charge in [0.1, 0.15) is 0 Å². The number of nitrogens with two attached hydrogens (primary N) is 1. The lowest BCUT2D eigenvalue weighted by Gasteiger charge is -2.21.